The molecule has 0 aliphatic rings. The number of hydrogen-bond acceptors (Lipinski definition) is 5. The SMILES string of the molecule is COc1cccc(COCC(=O)Nc2cc3oc4ccccc4c3cc2OC)c1. The quantitative estimate of drug-likeness (QED) is 0.492. The van der Waals surface area contributed by atoms with E-state index in [1.807, 2.05) is 54.6 Å². The largest absolute Gasteiger partial charge is 0.497 e. The molecule has 0 aliphatic heterocycles. The number of fused-ring (bicyclic) bond motifs is 3. The van der Waals surface area contributed by atoms with Gasteiger partial charge in [-0.05, 0) is 29.8 Å². The van der Waals surface area contributed by atoms with Gasteiger partial charge < -0.3 is 23.9 Å². The fraction of sp³-hybridized carbons (Fsp3) is 0.174. The molecule has 0 unspecified atom stereocenters. The number of anilines is 1. The Morgan fingerprint density at radius 3 is 2.62 bits per heavy atom. The van der Waals surface area contributed by atoms with Crippen molar-refractivity contribution in [2.75, 3.05) is 26.1 Å². The number of furan rings is 1. The predicted octanol–water partition coefficient (Wildman–Crippen LogP) is 4.76. The van der Waals surface area contributed by atoms with E-state index in [2.05, 4.69) is 5.32 Å². The summed E-state index contributed by atoms with van der Waals surface area (Å²) in [4.78, 5) is 12.4. The van der Waals surface area contributed by atoms with Crippen LogP contribution in [0.15, 0.2) is 65.1 Å². The number of rotatable bonds is 7. The Morgan fingerprint density at radius 1 is 0.931 bits per heavy atom. The second kappa shape index (κ2) is 8.24. The molecule has 0 saturated heterocycles. The predicted molar refractivity (Wildman–Crippen MR) is 112 cm³/mol. The van der Waals surface area contributed by atoms with Crippen molar-refractivity contribution in [1.29, 1.82) is 0 Å². The Kier molecular flexibility index (Phi) is 5.35. The number of ether oxygens (including phenoxy) is 3. The summed E-state index contributed by atoms with van der Waals surface area (Å²) in [6.07, 6.45) is 0. The van der Waals surface area contributed by atoms with Crippen molar-refractivity contribution in [2.24, 2.45) is 0 Å². The highest BCUT2D eigenvalue weighted by atomic mass is 16.5. The van der Waals surface area contributed by atoms with Crippen molar-refractivity contribution < 1.29 is 23.4 Å². The number of hydrogen-bond donors (Lipinski definition) is 1. The molecule has 0 saturated carbocycles. The average molecular weight is 391 g/mol. The van der Waals surface area contributed by atoms with Crippen LogP contribution in [0.1, 0.15) is 5.56 Å². The molecule has 1 heterocycles. The van der Waals surface area contributed by atoms with Gasteiger partial charge in [0.1, 0.15) is 29.3 Å². The van der Waals surface area contributed by atoms with E-state index in [4.69, 9.17) is 18.6 Å². The van der Waals surface area contributed by atoms with Gasteiger partial charge in [0.15, 0.2) is 0 Å². The Hall–Kier alpha value is -3.51. The summed E-state index contributed by atoms with van der Waals surface area (Å²) < 4.78 is 22.1. The van der Waals surface area contributed by atoms with Crippen molar-refractivity contribution in [3.05, 3.63) is 66.2 Å². The maximum absolute atomic E-state index is 12.4. The van der Waals surface area contributed by atoms with Crippen LogP contribution < -0.4 is 14.8 Å². The molecule has 148 valence electrons. The van der Waals surface area contributed by atoms with Crippen molar-refractivity contribution in [1.82, 2.24) is 0 Å². The molecule has 0 fully saturated rings. The maximum atomic E-state index is 12.4. The molecule has 4 rings (SSSR count). The molecule has 4 aromatic rings. The normalized spacial score (nSPS) is 11.0. The highest BCUT2D eigenvalue weighted by molar-refractivity contribution is 6.07. The summed E-state index contributed by atoms with van der Waals surface area (Å²) in [5.74, 6) is 1.03. The minimum absolute atomic E-state index is 0.0848. The van der Waals surface area contributed by atoms with Crippen LogP contribution in [0.2, 0.25) is 0 Å². The third-order valence-electron chi connectivity index (χ3n) is 4.61. The summed E-state index contributed by atoms with van der Waals surface area (Å²) in [6.45, 7) is 0.225. The maximum Gasteiger partial charge on any atom is 0.250 e. The Balaban J connectivity index is 1.46. The van der Waals surface area contributed by atoms with Crippen LogP contribution in [0.4, 0.5) is 5.69 Å². The first-order chi connectivity index (χ1) is 14.2. The molecule has 29 heavy (non-hydrogen) atoms. The average Bonchev–Trinajstić information content (AvgIpc) is 3.10. The molecule has 6 nitrogen and oxygen atoms in total. The first kappa shape index (κ1) is 18.8. The van der Waals surface area contributed by atoms with Crippen LogP contribution in [0.25, 0.3) is 21.9 Å². The first-order valence-corrected chi connectivity index (χ1v) is 9.17. The molecule has 0 spiro atoms. The number of amides is 1. The lowest BCUT2D eigenvalue weighted by Gasteiger charge is -2.11. The van der Waals surface area contributed by atoms with Gasteiger partial charge in [0.2, 0.25) is 5.91 Å². The smallest absolute Gasteiger partial charge is 0.250 e. The zero-order valence-corrected chi connectivity index (χ0v) is 16.2. The fourth-order valence-electron chi connectivity index (χ4n) is 3.23. The van der Waals surface area contributed by atoms with E-state index in [0.717, 1.165) is 27.7 Å². The van der Waals surface area contributed by atoms with Crippen LogP contribution >= 0.6 is 0 Å². The summed E-state index contributed by atoms with van der Waals surface area (Å²) in [5, 5.41) is 4.77. The van der Waals surface area contributed by atoms with Crippen molar-refractivity contribution in [3.8, 4) is 11.5 Å². The van der Waals surface area contributed by atoms with Crippen molar-refractivity contribution in [3.63, 3.8) is 0 Å². The van der Waals surface area contributed by atoms with Gasteiger partial charge in [-0.2, -0.15) is 0 Å². The molecular formula is C23H21NO5. The molecule has 1 aromatic heterocycles. The minimum Gasteiger partial charge on any atom is -0.497 e. The van der Waals surface area contributed by atoms with E-state index in [1.54, 1.807) is 20.3 Å². The van der Waals surface area contributed by atoms with Gasteiger partial charge in [-0.15, -0.1) is 0 Å². The van der Waals surface area contributed by atoms with Crippen molar-refractivity contribution >= 4 is 33.5 Å². The minimum atomic E-state index is -0.276. The zero-order valence-electron chi connectivity index (χ0n) is 16.2. The van der Waals surface area contributed by atoms with Gasteiger partial charge in [0, 0.05) is 16.8 Å². The molecule has 3 aromatic carbocycles. The van der Waals surface area contributed by atoms with E-state index in [9.17, 15) is 4.79 Å². The summed E-state index contributed by atoms with van der Waals surface area (Å²) >= 11 is 0. The lowest BCUT2D eigenvalue weighted by atomic mass is 10.1. The molecular weight excluding hydrogens is 370 g/mol. The highest BCUT2D eigenvalue weighted by Crippen LogP contribution is 2.36. The molecule has 0 radical (unpaired) electrons. The molecule has 0 atom stereocenters. The third kappa shape index (κ3) is 4.02. The fourth-order valence-corrected chi connectivity index (χ4v) is 3.23. The number of nitrogens with one attached hydrogen (secondary N) is 1. The Bertz CT molecular complexity index is 1160. The number of methoxy groups -OCH3 is 2. The van der Waals surface area contributed by atoms with Crippen molar-refractivity contribution in [2.45, 2.75) is 6.61 Å². The van der Waals surface area contributed by atoms with Crippen LogP contribution in [0.5, 0.6) is 11.5 Å². The Labute approximate surface area is 168 Å². The number of benzene rings is 3. The van der Waals surface area contributed by atoms with Gasteiger partial charge in [-0.3, -0.25) is 4.79 Å². The van der Waals surface area contributed by atoms with Gasteiger partial charge >= 0.3 is 0 Å². The third-order valence-corrected chi connectivity index (χ3v) is 4.61. The second-order valence-corrected chi connectivity index (χ2v) is 6.54. The van der Waals surface area contributed by atoms with Crippen LogP contribution in [-0.2, 0) is 16.1 Å². The summed E-state index contributed by atoms with van der Waals surface area (Å²) in [7, 11) is 3.18. The lowest BCUT2D eigenvalue weighted by Crippen LogP contribution is -2.18. The van der Waals surface area contributed by atoms with Crippen LogP contribution in [0.3, 0.4) is 0 Å². The molecule has 0 aliphatic carbocycles. The van der Waals surface area contributed by atoms with Crippen LogP contribution in [0, 0.1) is 0 Å². The van der Waals surface area contributed by atoms with Gasteiger partial charge in [-0.1, -0.05) is 30.3 Å². The standard InChI is InChI=1S/C23H21NO5/c1-26-16-7-5-6-15(10-16)13-28-14-23(25)24-19-12-21-18(11-22(19)27-2)17-8-3-4-9-20(17)29-21/h3-12H,13-14H2,1-2H3,(H,24,25). The van der Waals surface area contributed by atoms with E-state index in [-0.39, 0.29) is 12.5 Å². The number of carbonyl (C=O) groups excluding carboxylic acids is 1. The molecule has 1 N–H and O–H groups in total. The molecule has 0 bridgehead atoms. The monoisotopic (exact) mass is 391 g/mol. The molecule has 6 heteroatoms. The second-order valence-electron chi connectivity index (χ2n) is 6.54. The van der Waals surface area contributed by atoms with E-state index in [1.165, 1.54) is 0 Å². The van der Waals surface area contributed by atoms with E-state index < -0.39 is 0 Å². The summed E-state index contributed by atoms with van der Waals surface area (Å²) in [5.41, 5.74) is 2.93. The van der Waals surface area contributed by atoms with Gasteiger partial charge in [0.25, 0.3) is 0 Å². The first-order valence-electron chi connectivity index (χ1n) is 9.17. The highest BCUT2D eigenvalue weighted by Gasteiger charge is 2.14. The lowest BCUT2D eigenvalue weighted by molar-refractivity contribution is -0.121. The van der Waals surface area contributed by atoms with E-state index >= 15 is 0 Å². The molecule has 1 amide bonds. The van der Waals surface area contributed by atoms with E-state index in [0.29, 0.717) is 23.6 Å². The number of para-hydroxylation sites is 1. The van der Waals surface area contributed by atoms with Crippen LogP contribution in [-0.4, -0.2) is 26.7 Å². The van der Waals surface area contributed by atoms with Gasteiger partial charge in [-0.25, -0.2) is 0 Å². The zero-order chi connectivity index (χ0) is 20.2. The Morgan fingerprint density at radius 2 is 1.79 bits per heavy atom. The number of carbonyl (C=O) groups is 1. The van der Waals surface area contributed by atoms with Gasteiger partial charge in [0.05, 0.1) is 26.5 Å². The summed E-state index contributed by atoms with van der Waals surface area (Å²) in [6, 6.07) is 18.9. The topological polar surface area (TPSA) is 69.9 Å².